The fourth-order valence-electron chi connectivity index (χ4n) is 2.39. The van der Waals surface area contributed by atoms with Crippen LogP contribution in [0.5, 0.6) is 5.75 Å². The molecule has 20 heavy (non-hydrogen) atoms. The largest absolute Gasteiger partial charge is 0.497 e. The van der Waals surface area contributed by atoms with E-state index in [9.17, 15) is 4.79 Å². The maximum atomic E-state index is 12.1. The highest BCUT2D eigenvalue weighted by molar-refractivity contribution is 5.95. The second-order valence-corrected chi connectivity index (χ2v) is 4.55. The van der Waals surface area contributed by atoms with Crippen molar-refractivity contribution in [3.05, 3.63) is 54.4 Å². The molecule has 2 heterocycles. The third kappa shape index (κ3) is 2.18. The Hall–Kier alpha value is -2.56. The highest BCUT2D eigenvalue weighted by atomic mass is 16.5. The van der Waals surface area contributed by atoms with Gasteiger partial charge in [-0.1, -0.05) is 0 Å². The number of aromatic nitrogens is 1. The molecule has 1 atom stereocenters. The lowest BCUT2D eigenvalue weighted by atomic mass is 10.1. The third-order valence-electron chi connectivity index (χ3n) is 3.42. The van der Waals surface area contributed by atoms with Gasteiger partial charge in [-0.05, 0) is 42.0 Å². The molecule has 102 valence electrons. The Morgan fingerprint density at radius 1 is 1.20 bits per heavy atom. The topological polar surface area (TPSA) is 54.5 Å². The van der Waals surface area contributed by atoms with E-state index in [2.05, 4.69) is 10.3 Å². The zero-order valence-electron chi connectivity index (χ0n) is 11.1. The molecule has 1 saturated heterocycles. The Balaban J connectivity index is 1.94. The zero-order chi connectivity index (χ0) is 13.9. The van der Waals surface area contributed by atoms with Crippen LogP contribution in [0.2, 0.25) is 0 Å². The summed E-state index contributed by atoms with van der Waals surface area (Å²) >= 11 is 0. The van der Waals surface area contributed by atoms with Gasteiger partial charge in [0.2, 0.25) is 0 Å². The number of carbonyl (C=O) groups excluding carboxylic acids is 1. The molecule has 1 N–H and O–H groups in total. The van der Waals surface area contributed by atoms with Crippen molar-refractivity contribution in [3.8, 4) is 5.75 Å². The van der Waals surface area contributed by atoms with E-state index in [4.69, 9.17) is 4.74 Å². The first-order chi connectivity index (χ1) is 9.79. The van der Waals surface area contributed by atoms with Gasteiger partial charge in [0.15, 0.2) is 0 Å². The van der Waals surface area contributed by atoms with E-state index in [1.54, 1.807) is 24.4 Å². The Bertz CT molecular complexity index is 598. The number of urea groups is 1. The van der Waals surface area contributed by atoms with Gasteiger partial charge >= 0.3 is 6.03 Å². The number of methoxy groups -OCH3 is 1. The molecule has 1 aliphatic heterocycles. The summed E-state index contributed by atoms with van der Waals surface area (Å²) in [5, 5.41) is 2.88. The normalized spacial score (nSPS) is 17.9. The minimum atomic E-state index is -0.0861. The van der Waals surface area contributed by atoms with E-state index in [0.717, 1.165) is 17.0 Å². The maximum Gasteiger partial charge on any atom is 0.322 e. The molecule has 3 rings (SSSR count). The highest BCUT2D eigenvalue weighted by Gasteiger charge is 2.32. The first kappa shape index (κ1) is 12.5. The van der Waals surface area contributed by atoms with Crippen molar-refractivity contribution >= 4 is 11.7 Å². The summed E-state index contributed by atoms with van der Waals surface area (Å²) in [5.74, 6) is 0.772. The average Bonchev–Trinajstić information content (AvgIpc) is 2.90. The second-order valence-electron chi connectivity index (χ2n) is 4.55. The number of nitrogens with one attached hydrogen (secondary N) is 1. The molecule has 1 unspecified atom stereocenters. The molecule has 0 radical (unpaired) electrons. The van der Waals surface area contributed by atoms with Gasteiger partial charge in [-0.25, -0.2) is 4.79 Å². The summed E-state index contributed by atoms with van der Waals surface area (Å²) in [6.45, 7) is 0.592. The Labute approximate surface area is 117 Å². The van der Waals surface area contributed by atoms with E-state index in [-0.39, 0.29) is 12.1 Å². The summed E-state index contributed by atoms with van der Waals surface area (Å²) in [6.07, 6.45) is 3.48. The Kier molecular flexibility index (Phi) is 3.25. The summed E-state index contributed by atoms with van der Waals surface area (Å²) in [6, 6.07) is 11.2. The van der Waals surface area contributed by atoms with Gasteiger partial charge in [0, 0.05) is 24.6 Å². The molecular weight excluding hydrogens is 254 g/mol. The van der Waals surface area contributed by atoms with Crippen molar-refractivity contribution < 1.29 is 9.53 Å². The molecule has 5 heteroatoms. The number of hydrogen-bond donors (Lipinski definition) is 1. The van der Waals surface area contributed by atoms with E-state index in [0.29, 0.717) is 6.54 Å². The molecule has 2 amide bonds. The zero-order valence-corrected chi connectivity index (χ0v) is 11.1. The van der Waals surface area contributed by atoms with Crippen LogP contribution >= 0.6 is 0 Å². The van der Waals surface area contributed by atoms with Gasteiger partial charge in [0.1, 0.15) is 5.75 Å². The molecular formula is C15H15N3O2. The van der Waals surface area contributed by atoms with Gasteiger partial charge in [0.25, 0.3) is 0 Å². The van der Waals surface area contributed by atoms with Gasteiger partial charge in [-0.15, -0.1) is 0 Å². The minimum absolute atomic E-state index is 0.0149. The predicted molar refractivity (Wildman–Crippen MR) is 75.8 cm³/mol. The summed E-state index contributed by atoms with van der Waals surface area (Å²) in [4.78, 5) is 17.9. The van der Waals surface area contributed by atoms with Gasteiger partial charge < -0.3 is 10.1 Å². The van der Waals surface area contributed by atoms with Crippen molar-refractivity contribution in [2.24, 2.45) is 0 Å². The predicted octanol–water partition coefficient (Wildman–Crippen LogP) is 2.36. The number of hydrogen-bond acceptors (Lipinski definition) is 3. The van der Waals surface area contributed by atoms with Crippen molar-refractivity contribution in [1.82, 2.24) is 10.3 Å². The summed E-state index contributed by atoms with van der Waals surface area (Å²) in [7, 11) is 1.62. The fraction of sp³-hybridized carbons (Fsp3) is 0.200. The molecule has 2 aromatic rings. The number of anilines is 1. The lowest BCUT2D eigenvalue weighted by Gasteiger charge is -2.23. The number of carbonyl (C=O) groups is 1. The molecule has 1 fully saturated rings. The van der Waals surface area contributed by atoms with Gasteiger partial charge in [-0.2, -0.15) is 0 Å². The van der Waals surface area contributed by atoms with Crippen LogP contribution in [0.15, 0.2) is 48.8 Å². The van der Waals surface area contributed by atoms with Crippen LogP contribution in [0.3, 0.4) is 0 Å². The molecule has 1 aliphatic rings. The van der Waals surface area contributed by atoms with Crippen molar-refractivity contribution in [2.75, 3.05) is 18.6 Å². The molecule has 0 saturated carbocycles. The number of pyridine rings is 1. The Morgan fingerprint density at radius 2 is 1.90 bits per heavy atom. The number of benzene rings is 1. The molecule has 0 aliphatic carbocycles. The molecule has 0 spiro atoms. The van der Waals surface area contributed by atoms with Crippen LogP contribution in [0.4, 0.5) is 10.5 Å². The van der Waals surface area contributed by atoms with Crippen LogP contribution in [0.1, 0.15) is 11.6 Å². The van der Waals surface area contributed by atoms with Crippen LogP contribution in [-0.4, -0.2) is 24.7 Å². The third-order valence-corrected chi connectivity index (χ3v) is 3.42. The van der Waals surface area contributed by atoms with E-state index >= 15 is 0 Å². The highest BCUT2D eigenvalue weighted by Crippen LogP contribution is 2.31. The second kappa shape index (κ2) is 5.21. The summed E-state index contributed by atoms with van der Waals surface area (Å²) < 4.78 is 5.14. The van der Waals surface area contributed by atoms with Crippen molar-refractivity contribution in [1.29, 1.82) is 0 Å². The molecule has 1 aromatic carbocycles. The average molecular weight is 269 g/mol. The molecule has 0 bridgehead atoms. The van der Waals surface area contributed by atoms with Crippen LogP contribution in [0.25, 0.3) is 0 Å². The van der Waals surface area contributed by atoms with E-state index in [1.165, 1.54) is 0 Å². The number of nitrogens with zero attached hydrogens (tertiary/aromatic N) is 2. The van der Waals surface area contributed by atoms with Crippen LogP contribution in [0, 0.1) is 0 Å². The smallest absolute Gasteiger partial charge is 0.322 e. The first-order valence-corrected chi connectivity index (χ1v) is 6.40. The maximum absolute atomic E-state index is 12.1. The van der Waals surface area contributed by atoms with E-state index < -0.39 is 0 Å². The van der Waals surface area contributed by atoms with Crippen LogP contribution < -0.4 is 15.0 Å². The fourth-order valence-corrected chi connectivity index (χ4v) is 2.39. The standard InChI is InChI=1S/C15H15N3O2/c1-20-13-4-2-12(3-5-13)18-14(10-17-15(18)19)11-6-8-16-9-7-11/h2-9,14H,10H2,1H3,(H,17,19). The lowest BCUT2D eigenvalue weighted by molar-refractivity contribution is 0.251. The lowest BCUT2D eigenvalue weighted by Crippen LogP contribution is -2.29. The van der Waals surface area contributed by atoms with Crippen molar-refractivity contribution in [3.63, 3.8) is 0 Å². The molecule has 5 nitrogen and oxygen atoms in total. The van der Waals surface area contributed by atoms with Crippen LogP contribution in [-0.2, 0) is 0 Å². The summed E-state index contributed by atoms with van der Waals surface area (Å²) in [5.41, 5.74) is 1.91. The van der Waals surface area contributed by atoms with Crippen molar-refractivity contribution in [2.45, 2.75) is 6.04 Å². The Morgan fingerprint density at radius 3 is 2.55 bits per heavy atom. The van der Waals surface area contributed by atoms with Gasteiger partial charge in [-0.3, -0.25) is 9.88 Å². The number of amides is 2. The first-order valence-electron chi connectivity index (χ1n) is 6.40. The van der Waals surface area contributed by atoms with E-state index in [1.807, 2.05) is 36.4 Å². The molecule has 1 aromatic heterocycles. The number of ether oxygens (including phenoxy) is 1. The minimum Gasteiger partial charge on any atom is -0.497 e. The number of rotatable bonds is 3. The van der Waals surface area contributed by atoms with Gasteiger partial charge in [0.05, 0.1) is 13.2 Å². The SMILES string of the molecule is COc1ccc(N2C(=O)NCC2c2ccncc2)cc1. The quantitative estimate of drug-likeness (QED) is 0.930. The monoisotopic (exact) mass is 269 g/mol.